The molecule has 6 nitrogen and oxygen atoms in total. The van der Waals surface area contributed by atoms with E-state index in [1.165, 1.54) is 11.3 Å². The van der Waals surface area contributed by atoms with Crippen molar-refractivity contribution in [3.05, 3.63) is 85.1 Å². The van der Waals surface area contributed by atoms with Gasteiger partial charge in [-0.25, -0.2) is 4.98 Å². The van der Waals surface area contributed by atoms with Crippen molar-refractivity contribution < 1.29 is 13.9 Å². The van der Waals surface area contributed by atoms with E-state index in [2.05, 4.69) is 20.9 Å². The molecule has 4 aromatic rings. The molecule has 0 saturated carbocycles. The molecular formula is C24H19BrN2O4S. The maximum absolute atomic E-state index is 13.6. The quantitative estimate of drug-likeness (QED) is 0.343. The van der Waals surface area contributed by atoms with E-state index in [-0.39, 0.29) is 23.2 Å². The molecule has 5 rings (SSSR count). The van der Waals surface area contributed by atoms with Crippen molar-refractivity contribution in [1.29, 1.82) is 0 Å². The minimum atomic E-state index is -0.643. The number of aromatic nitrogens is 1. The van der Waals surface area contributed by atoms with Crippen molar-refractivity contribution >= 4 is 49.3 Å². The number of hydrogen-bond donors (Lipinski definition) is 0. The number of halogens is 1. The van der Waals surface area contributed by atoms with Gasteiger partial charge in [-0.1, -0.05) is 28.1 Å². The summed E-state index contributed by atoms with van der Waals surface area (Å²) in [5, 5.41) is 2.83. The van der Waals surface area contributed by atoms with Gasteiger partial charge < -0.3 is 9.15 Å². The van der Waals surface area contributed by atoms with Crippen LogP contribution in [-0.4, -0.2) is 17.0 Å². The molecule has 0 fully saturated rings. The Bertz CT molecular complexity index is 1410. The molecule has 1 aliphatic heterocycles. The molecule has 0 bridgehead atoms. The molecule has 162 valence electrons. The van der Waals surface area contributed by atoms with Gasteiger partial charge in [0, 0.05) is 9.85 Å². The van der Waals surface area contributed by atoms with E-state index >= 15 is 0 Å². The number of fused-ring (bicyclic) bond motifs is 2. The van der Waals surface area contributed by atoms with Crippen LogP contribution < -0.4 is 15.1 Å². The molecule has 2 aromatic heterocycles. The van der Waals surface area contributed by atoms with Crippen molar-refractivity contribution in [2.75, 3.05) is 4.90 Å². The summed E-state index contributed by atoms with van der Waals surface area (Å²) < 4.78 is 12.5. The number of aryl methyl sites for hydroxylation is 1. The van der Waals surface area contributed by atoms with Crippen molar-refractivity contribution in [2.24, 2.45) is 0 Å². The molecule has 3 heterocycles. The standard InChI is InChI=1S/C24H19BrN2O4S/c1-12(2)30-16-7-4-14(5-8-16)20-19-21(28)17-10-15(25)6-9-18(17)31-22(19)23(29)27(20)24-26-13(3)11-32-24/h4-12,20H,1-3H3/t20-/m0/s1. The lowest BCUT2D eigenvalue weighted by Crippen LogP contribution is -2.29. The van der Waals surface area contributed by atoms with Gasteiger partial charge >= 0.3 is 0 Å². The van der Waals surface area contributed by atoms with Crippen LogP contribution in [0.15, 0.2) is 61.5 Å². The van der Waals surface area contributed by atoms with Crippen LogP contribution in [0.1, 0.15) is 47.3 Å². The van der Waals surface area contributed by atoms with Gasteiger partial charge in [-0.2, -0.15) is 0 Å². The van der Waals surface area contributed by atoms with E-state index in [0.29, 0.717) is 21.7 Å². The van der Waals surface area contributed by atoms with E-state index in [1.54, 1.807) is 23.1 Å². The summed E-state index contributed by atoms with van der Waals surface area (Å²) in [4.78, 5) is 33.2. The van der Waals surface area contributed by atoms with Gasteiger partial charge in [-0.3, -0.25) is 14.5 Å². The van der Waals surface area contributed by atoms with Gasteiger partial charge in [0.2, 0.25) is 5.76 Å². The molecule has 1 aliphatic rings. The number of benzene rings is 2. The molecule has 0 aliphatic carbocycles. The minimum absolute atomic E-state index is 0.0429. The molecule has 32 heavy (non-hydrogen) atoms. The van der Waals surface area contributed by atoms with Gasteiger partial charge in [0.1, 0.15) is 11.3 Å². The lowest BCUT2D eigenvalue weighted by atomic mass is 9.98. The second kappa shape index (κ2) is 7.86. The second-order valence-electron chi connectivity index (χ2n) is 7.90. The first-order chi connectivity index (χ1) is 15.3. The number of ether oxygens (including phenoxy) is 1. The fraction of sp³-hybridized carbons (Fsp3) is 0.208. The Morgan fingerprint density at radius 3 is 2.56 bits per heavy atom. The largest absolute Gasteiger partial charge is 0.491 e. The molecule has 8 heteroatoms. The highest BCUT2D eigenvalue weighted by Gasteiger charge is 2.44. The number of rotatable bonds is 4. The first-order valence-electron chi connectivity index (χ1n) is 10.1. The normalized spacial score (nSPS) is 15.6. The topological polar surface area (TPSA) is 72.6 Å². The average molecular weight is 511 g/mol. The Morgan fingerprint density at radius 1 is 1.16 bits per heavy atom. The summed E-state index contributed by atoms with van der Waals surface area (Å²) in [6.07, 6.45) is 0.0429. The van der Waals surface area contributed by atoms with Crippen molar-refractivity contribution in [1.82, 2.24) is 4.98 Å². The van der Waals surface area contributed by atoms with Gasteiger partial charge in [-0.15, -0.1) is 11.3 Å². The third kappa shape index (κ3) is 3.43. The molecule has 2 aromatic carbocycles. The lowest BCUT2D eigenvalue weighted by molar-refractivity contribution is 0.0971. The number of nitrogens with zero attached hydrogens (tertiary/aromatic N) is 2. The summed E-state index contributed by atoms with van der Waals surface area (Å²) in [6.45, 7) is 5.79. The monoisotopic (exact) mass is 510 g/mol. The SMILES string of the molecule is Cc1csc(N2C(=O)c3oc4ccc(Br)cc4c(=O)c3[C@@H]2c2ccc(OC(C)C)cc2)n1. The van der Waals surface area contributed by atoms with Gasteiger partial charge in [0.05, 0.1) is 28.8 Å². The van der Waals surface area contributed by atoms with Crippen LogP contribution in [0.5, 0.6) is 5.75 Å². The maximum atomic E-state index is 13.6. The van der Waals surface area contributed by atoms with Gasteiger partial charge in [0.25, 0.3) is 5.91 Å². The highest BCUT2D eigenvalue weighted by molar-refractivity contribution is 9.10. The van der Waals surface area contributed by atoms with E-state index < -0.39 is 6.04 Å². The Hall–Kier alpha value is -2.97. The lowest BCUT2D eigenvalue weighted by Gasteiger charge is -2.23. The summed E-state index contributed by atoms with van der Waals surface area (Å²) in [5.74, 6) is 0.411. The Labute approximate surface area is 196 Å². The predicted octanol–water partition coefficient (Wildman–Crippen LogP) is 5.86. The first-order valence-corrected chi connectivity index (χ1v) is 11.8. The van der Waals surface area contributed by atoms with Crippen molar-refractivity contribution in [3.63, 3.8) is 0 Å². The van der Waals surface area contributed by atoms with Gasteiger partial charge in [0.15, 0.2) is 10.6 Å². The molecule has 1 atom stereocenters. The number of thiazole rings is 1. The van der Waals surface area contributed by atoms with Crippen LogP contribution in [0, 0.1) is 6.92 Å². The number of carbonyl (C=O) groups is 1. The molecule has 0 spiro atoms. The van der Waals surface area contributed by atoms with Crippen LogP contribution in [0.4, 0.5) is 5.13 Å². The Kier molecular flexibility index (Phi) is 5.14. The Balaban J connectivity index is 1.73. The molecular weight excluding hydrogens is 492 g/mol. The fourth-order valence-electron chi connectivity index (χ4n) is 3.91. The number of anilines is 1. The third-order valence-corrected chi connectivity index (χ3v) is 6.66. The zero-order valence-electron chi connectivity index (χ0n) is 17.6. The first kappa shape index (κ1) is 20.9. The van der Waals surface area contributed by atoms with Crippen molar-refractivity contribution in [2.45, 2.75) is 32.9 Å². The molecule has 0 radical (unpaired) electrons. The molecule has 0 saturated heterocycles. The summed E-state index contributed by atoms with van der Waals surface area (Å²) in [6, 6.07) is 12.0. The van der Waals surface area contributed by atoms with E-state index in [1.807, 2.05) is 50.4 Å². The average Bonchev–Trinajstić information content (AvgIpc) is 3.30. The molecule has 1 amide bonds. The molecule has 0 unspecified atom stereocenters. The van der Waals surface area contributed by atoms with Gasteiger partial charge in [-0.05, 0) is 56.7 Å². The van der Waals surface area contributed by atoms with E-state index in [4.69, 9.17) is 9.15 Å². The number of amides is 1. The number of carbonyl (C=O) groups excluding carboxylic acids is 1. The van der Waals surface area contributed by atoms with E-state index in [9.17, 15) is 9.59 Å². The zero-order valence-corrected chi connectivity index (χ0v) is 20.0. The summed E-state index contributed by atoms with van der Waals surface area (Å²) in [5.41, 5.74) is 2.07. The fourth-order valence-corrected chi connectivity index (χ4v) is 5.10. The van der Waals surface area contributed by atoms with Crippen molar-refractivity contribution in [3.8, 4) is 5.75 Å². The third-order valence-electron chi connectivity index (χ3n) is 5.21. The smallest absolute Gasteiger partial charge is 0.297 e. The predicted molar refractivity (Wildman–Crippen MR) is 128 cm³/mol. The van der Waals surface area contributed by atoms with Crippen LogP contribution in [0.3, 0.4) is 0 Å². The Morgan fingerprint density at radius 2 is 1.91 bits per heavy atom. The summed E-state index contributed by atoms with van der Waals surface area (Å²) >= 11 is 4.78. The highest BCUT2D eigenvalue weighted by atomic mass is 79.9. The van der Waals surface area contributed by atoms with Crippen LogP contribution in [-0.2, 0) is 0 Å². The van der Waals surface area contributed by atoms with Crippen LogP contribution >= 0.6 is 27.3 Å². The maximum Gasteiger partial charge on any atom is 0.297 e. The summed E-state index contributed by atoms with van der Waals surface area (Å²) in [7, 11) is 0. The minimum Gasteiger partial charge on any atom is -0.491 e. The molecule has 0 N–H and O–H groups in total. The second-order valence-corrected chi connectivity index (χ2v) is 9.65. The number of hydrogen-bond acceptors (Lipinski definition) is 6. The highest BCUT2D eigenvalue weighted by Crippen LogP contribution is 2.42. The van der Waals surface area contributed by atoms with Crippen LogP contribution in [0.25, 0.3) is 11.0 Å². The zero-order chi connectivity index (χ0) is 22.6. The van der Waals surface area contributed by atoms with E-state index in [0.717, 1.165) is 21.5 Å². The van der Waals surface area contributed by atoms with Crippen LogP contribution in [0.2, 0.25) is 0 Å².